The van der Waals surface area contributed by atoms with Crippen LogP contribution < -0.4 is 0 Å². The second kappa shape index (κ2) is 4.74. The van der Waals surface area contributed by atoms with Crippen molar-refractivity contribution in [2.45, 2.75) is 12.8 Å². The summed E-state index contributed by atoms with van der Waals surface area (Å²) < 4.78 is 13.3. The van der Waals surface area contributed by atoms with E-state index in [2.05, 4.69) is 0 Å². The maximum Gasteiger partial charge on any atom is 0.318 e. The van der Waals surface area contributed by atoms with Crippen molar-refractivity contribution in [3.8, 4) is 0 Å². The number of carboxylic acid groups (broad SMARTS) is 2. The quantitative estimate of drug-likeness (QED) is 0.766. The highest BCUT2D eigenvalue weighted by atomic mass is 19.1. The van der Waals surface area contributed by atoms with Gasteiger partial charge < -0.3 is 10.2 Å². The molecule has 0 amide bonds. The predicted octanol–water partition coefficient (Wildman–Crippen LogP) is 1.71. The lowest BCUT2D eigenvalue weighted by molar-refractivity contribution is -0.155. The van der Waals surface area contributed by atoms with Crippen molar-refractivity contribution in [1.29, 1.82) is 0 Å². The van der Waals surface area contributed by atoms with E-state index in [1.54, 1.807) is 0 Å². The van der Waals surface area contributed by atoms with Gasteiger partial charge in [0, 0.05) is 5.92 Å². The van der Waals surface area contributed by atoms with Crippen LogP contribution in [0.1, 0.15) is 18.4 Å². The van der Waals surface area contributed by atoms with Crippen LogP contribution in [0, 0.1) is 11.7 Å². The Hall–Kier alpha value is -1.91. The predicted molar refractivity (Wildman–Crippen MR) is 53.6 cm³/mol. The first-order chi connectivity index (χ1) is 7.45. The van der Waals surface area contributed by atoms with Crippen molar-refractivity contribution in [3.63, 3.8) is 0 Å². The fourth-order valence-electron chi connectivity index (χ4n) is 1.56. The van der Waals surface area contributed by atoms with Crippen molar-refractivity contribution in [1.82, 2.24) is 0 Å². The molecular weight excluding hydrogens is 215 g/mol. The summed E-state index contributed by atoms with van der Waals surface area (Å²) in [6.45, 7) is 1.38. The molecule has 4 nitrogen and oxygen atoms in total. The molecule has 0 saturated carbocycles. The van der Waals surface area contributed by atoms with Crippen LogP contribution in [-0.4, -0.2) is 22.2 Å². The zero-order chi connectivity index (χ0) is 12.3. The summed E-state index contributed by atoms with van der Waals surface area (Å²) in [6.07, 6.45) is 0. The van der Waals surface area contributed by atoms with Crippen LogP contribution in [0.2, 0.25) is 0 Å². The van der Waals surface area contributed by atoms with Gasteiger partial charge in [0.25, 0.3) is 0 Å². The van der Waals surface area contributed by atoms with Crippen molar-refractivity contribution >= 4 is 11.9 Å². The first-order valence-corrected chi connectivity index (χ1v) is 4.65. The number of aliphatic carboxylic acids is 2. The van der Waals surface area contributed by atoms with Gasteiger partial charge in [-0.2, -0.15) is 0 Å². The minimum absolute atomic E-state index is 0.0947. The van der Waals surface area contributed by atoms with Gasteiger partial charge in [0.15, 0.2) is 5.92 Å². The topological polar surface area (TPSA) is 74.6 Å². The first kappa shape index (κ1) is 12.2. The summed E-state index contributed by atoms with van der Waals surface area (Å²) in [5.41, 5.74) is 0.0947. The summed E-state index contributed by atoms with van der Waals surface area (Å²) in [5.74, 6) is -6.10. The van der Waals surface area contributed by atoms with E-state index in [-0.39, 0.29) is 5.56 Å². The van der Waals surface area contributed by atoms with E-state index in [9.17, 15) is 14.0 Å². The lowest BCUT2D eigenvalue weighted by Crippen LogP contribution is -2.28. The third-order valence-electron chi connectivity index (χ3n) is 2.43. The minimum atomic E-state index is -1.64. The third kappa shape index (κ3) is 2.36. The second-order valence-electron chi connectivity index (χ2n) is 3.46. The van der Waals surface area contributed by atoms with Crippen molar-refractivity contribution < 1.29 is 24.2 Å². The van der Waals surface area contributed by atoms with Gasteiger partial charge in [0.1, 0.15) is 5.82 Å². The Morgan fingerprint density at radius 3 is 2.12 bits per heavy atom. The molecule has 0 fully saturated rings. The molecule has 1 unspecified atom stereocenters. The second-order valence-corrected chi connectivity index (χ2v) is 3.46. The molecule has 5 heteroatoms. The third-order valence-corrected chi connectivity index (χ3v) is 2.43. The number of carboxylic acids is 2. The molecular formula is C11H11FO4. The van der Waals surface area contributed by atoms with E-state index in [1.807, 2.05) is 0 Å². The Bertz CT molecular complexity index is 402. The maximum absolute atomic E-state index is 13.3. The standard InChI is InChI=1S/C11H11FO4/c1-6(9(10(13)14)11(15)16)7-4-2-3-5-8(7)12/h2-6,9H,1H3,(H,13,14)(H,15,16). The number of rotatable bonds is 4. The van der Waals surface area contributed by atoms with Crippen LogP contribution in [0.3, 0.4) is 0 Å². The number of carbonyl (C=O) groups is 2. The van der Waals surface area contributed by atoms with Crippen LogP contribution in [0.5, 0.6) is 0 Å². The average molecular weight is 226 g/mol. The van der Waals surface area contributed by atoms with Crippen LogP contribution in [0.4, 0.5) is 4.39 Å². The zero-order valence-corrected chi connectivity index (χ0v) is 8.55. The van der Waals surface area contributed by atoms with Gasteiger partial charge in [0.05, 0.1) is 0 Å². The van der Waals surface area contributed by atoms with Gasteiger partial charge >= 0.3 is 11.9 Å². The largest absolute Gasteiger partial charge is 0.481 e. The Morgan fingerprint density at radius 2 is 1.69 bits per heavy atom. The summed E-state index contributed by atoms with van der Waals surface area (Å²) in [6, 6.07) is 5.56. The Morgan fingerprint density at radius 1 is 1.19 bits per heavy atom. The van der Waals surface area contributed by atoms with Crippen LogP contribution in [0.15, 0.2) is 24.3 Å². The van der Waals surface area contributed by atoms with Crippen molar-refractivity contribution in [2.24, 2.45) is 5.92 Å². The molecule has 16 heavy (non-hydrogen) atoms. The fraction of sp³-hybridized carbons (Fsp3) is 0.273. The van der Waals surface area contributed by atoms with E-state index < -0.39 is 29.6 Å². The molecule has 1 atom stereocenters. The Kier molecular flexibility index (Phi) is 3.60. The van der Waals surface area contributed by atoms with E-state index in [0.29, 0.717) is 0 Å². The van der Waals surface area contributed by atoms with Gasteiger partial charge in [-0.1, -0.05) is 25.1 Å². The van der Waals surface area contributed by atoms with Gasteiger partial charge in [-0.15, -0.1) is 0 Å². The molecule has 0 spiro atoms. The SMILES string of the molecule is CC(c1ccccc1F)C(C(=O)O)C(=O)O. The van der Waals surface area contributed by atoms with Crippen LogP contribution >= 0.6 is 0 Å². The lowest BCUT2D eigenvalue weighted by Gasteiger charge is -2.17. The number of hydrogen-bond acceptors (Lipinski definition) is 2. The zero-order valence-electron chi connectivity index (χ0n) is 8.55. The summed E-state index contributed by atoms with van der Waals surface area (Å²) in [4.78, 5) is 21.5. The molecule has 86 valence electrons. The highest BCUT2D eigenvalue weighted by Gasteiger charge is 2.34. The summed E-state index contributed by atoms with van der Waals surface area (Å²) in [5, 5.41) is 17.5. The molecule has 1 aromatic rings. The molecule has 0 aliphatic heterocycles. The Balaban J connectivity index is 3.09. The molecule has 0 aromatic heterocycles. The molecule has 0 saturated heterocycles. The smallest absolute Gasteiger partial charge is 0.318 e. The molecule has 1 rings (SSSR count). The molecule has 1 aromatic carbocycles. The monoisotopic (exact) mass is 226 g/mol. The van der Waals surface area contributed by atoms with E-state index in [1.165, 1.54) is 31.2 Å². The molecule has 0 heterocycles. The number of halogens is 1. The van der Waals surface area contributed by atoms with Gasteiger partial charge in [-0.25, -0.2) is 4.39 Å². The number of hydrogen-bond donors (Lipinski definition) is 2. The first-order valence-electron chi connectivity index (χ1n) is 4.65. The molecule has 2 N–H and O–H groups in total. The van der Waals surface area contributed by atoms with Crippen molar-refractivity contribution in [3.05, 3.63) is 35.6 Å². The van der Waals surface area contributed by atoms with E-state index in [4.69, 9.17) is 10.2 Å². The lowest BCUT2D eigenvalue weighted by atomic mass is 9.87. The Labute approximate surface area is 91.3 Å². The fourth-order valence-corrected chi connectivity index (χ4v) is 1.56. The van der Waals surface area contributed by atoms with Gasteiger partial charge in [0.2, 0.25) is 0 Å². The molecule has 0 radical (unpaired) electrons. The van der Waals surface area contributed by atoms with Gasteiger partial charge in [-0.05, 0) is 11.6 Å². The maximum atomic E-state index is 13.3. The van der Waals surface area contributed by atoms with Crippen LogP contribution in [-0.2, 0) is 9.59 Å². The van der Waals surface area contributed by atoms with E-state index >= 15 is 0 Å². The highest BCUT2D eigenvalue weighted by molar-refractivity contribution is 5.94. The average Bonchev–Trinajstić information content (AvgIpc) is 2.16. The van der Waals surface area contributed by atoms with Crippen LogP contribution in [0.25, 0.3) is 0 Å². The normalized spacial score (nSPS) is 12.4. The van der Waals surface area contributed by atoms with Crippen molar-refractivity contribution in [2.75, 3.05) is 0 Å². The summed E-state index contributed by atoms with van der Waals surface area (Å²) in [7, 11) is 0. The van der Waals surface area contributed by atoms with Gasteiger partial charge in [-0.3, -0.25) is 9.59 Å². The minimum Gasteiger partial charge on any atom is -0.481 e. The number of benzene rings is 1. The molecule has 0 aliphatic carbocycles. The summed E-state index contributed by atoms with van der Waals surface area (Å²) >= 11 is 0. The van der Waals surface area contributed by atoms with E-state index in [0.717, 1.165) is 0 Å². The molecule has 0 aliphatic rings. The molecule has 0 bridgehead atoms. The highest BCUT2D eigenvalue weighted by Crippen LogP contribution is 2.26.